The first-order valence-corrected chi connectivity index (χ1v) is 11.4. The Bertz CT molecular complexity index is 1370. The smallest absolute Gasteiger partial charge is 0.0719 e. The molecule has 30 heavy (non-hydrogen) atoms. The van der Waals surface area contributed by atoms with Gasteiger partial charge in [0, 0.05) is 33.3 Å². The Balaban J connectivity index is 1.67. The van der Waals surface area contributed by atoms with Crippen LogP contribution in [-0.4, -0.2) is 4.98 Å². The molecule has 0 saturated heterocycles. The van der Waals surface area contributed by atoms with Gasteiger partial charge in [0.1, 0.15) is 0 Å². The lowest BCUT2D eigenvalue weighted by Crippen LogP contribution is -1.96. The first kappa shape index (κ1) is 17.9. The quantitative estimate of drug-likeness (QED) is 0.283. The molecule has 0 unspecified atom stereocenters. The number of hydrogen-bond donors (Lipinski definition) is 0. The maximum atomic E-state index is 8.85. The van der Waals surface area contributed by atoms with Crippen LogP contribution in [0.4, 0.5) is 0 Å². The minimum atomic E-state index is -0.559. The predicted octanol–water partition coefficient (Wildman–Crippen LogP) is 8.69. The molecule has 0 spiro atoms. The average molecular weight is 409 g/mol. The van der Waals surface area contributed by atoms with Crippen molar-refractivity contribution in [3.8, 4) is 22.4 Å². The third kappa shape index (κ3) is 3.32. The van der Waals surface area contributed by atoms with E-state index in [9.17, 15) is 0 Å². The molecule has 0 atom stereocenters. The number of hydrogen-bond acceptors (Lipinski definition) is 2. The highest BCUT2D eigenvalue weighted by atomic mass is 32.1. The topological polar surface area (TPSA) is 12.9 Å². The average Bonchev–Trinajstić information content (AvgIpc) is 3.22. The summed E-state index contributed by atoms with van der Waals surface area (Å²) in [7, 11) is 0. The highest BCUT2D eigenvalue weighted by Gasteiger charge is 2.14. The maximum Gasteiger partial charge on any atom is 0.0719 e. The van der Waals surface area contributed by atoms with E-state index in [1.165, 1.54) is 31.3 Å². The Kier molecular flexibility index (Phi) is 4.79. The van der Waals surface area contributed by atoms with Gasteiger partial charge in [0.15, 0.2) is 0 Å². The summed E-state index contributed by atoms with van der Waals surface area (Å²) in [6.07, 6.45) is 3.45. The van der Waals surface area contributed by atoms with Crippen molar-refractivity contribution >= 4 is 31.5 Å². The number of thiophene rings is 1. The second-order valence-electron chi connectivity index (χ2n) is 7.60. The molecule has 2 aromatic heterocycles. The Morgan fingerprint density at radius 3 is 2.47 bits per heavy atom. The molecule has 0 aliphatic heterocycles. The highest BCUT2D eigenvalue weighted by molar-refractivity contribution is 7.26. The first-order valence-electron chi connectivity index (χ1n) is 11.1. The minimum Gasteiger partial charge on any atom is -0.256 e. The Morgan fingerprint density at radius 2 is 1.67 bits per heavy atom. The van der Waals surface area contributed by atoms with Crippen molar-refractivity contribution < 1.29 is 1.37 Å². The van der Waals surface area contributed by atoms with E-state index in [2.05, 4.69) is 86.6 Å². The molecule has 0 N–H and O–H groups in total. The second kappa shape index (κ2) is 8.04. The van der Waals surface area contributed by atoms with Crippen molar-refractivity contribution in [1.29, 1.82) is 0 Å². The molecule has 0 saturated carbocycles. The molecule has 0 aliphatic carbocycles. The number of aromatic nitrogens is 1. The van der Waals surface area contributed by atoms with Crippen LogP contribution in [0.5, 0.6) is 0 Å². The zero-order valence-electron chi connectivity index (χ0n) is 18.4. The van der Waals surface area contributed by atoms with E-state index in [-0.39, 0.29) is 0 Å². The van der Waals surface area contributed by atoms with Gasteiger partial charge in [-0.05, 0) is 53.6 Å². The van der Waals surface area contributed by atoms with E-state index in [1.54, 1.807) is 0 Å². The highest BCUT2D eigenvalue weighted by Crippen LogP contribution is 2.41. The lowest BCUT2D eigenvalue weighted by molar-refractivity contribution is 0.641. The van der Waals surface area contributed by atoms with Crippen molar-refractivity contribution in [2.24, 2.45) is 0 Å². The molecule has 0 radical (unpaired) electrons. The molecule has 3 aromatic carbocycles. The van der Waals surface area contributed by atoms with Gasteiger partial charge in [-0.1, -0.05) is 74.5 Å². The van der Waals surface area contributed by atoms with Crippen LogP contribution < -0.4 is 0 Å². The molecule has 2 heterocycles. The van der Waals surface area contributed by atoms with E-state index in [0.717, 1.165) is 29.7 Å². The van der Waals surface area contributed by atoms with Gasteiger partial charge in [-0.15, -0.1) is 11.3 Å². The van der Waals surface area contributed by atoms with Crippen molar-refractivity contribution in [2.45, 2.75) is 32.6 Å². The molecule has 5 aromatic rings. The normalized spacial score (nSPS) is 12.4. The summed E-state index contributed by atoms with van der Waals surface area (Å²) in [6, 6.07) is 27.9. The van der Waals surface area contributed by atoms with Crippen LogP contribution in [0.3, 0.4) is 0 Å². The molecule has 2 heteroatoms. The van der Waals surface area contributed by atoms with Gasteiger partial charge in [0.05, 0.1) is 5.69 Å². The predicted molar refractivity (Wildman–Crippen MR) is 131 cm³/mol. The lowest BCUT2D eigenvalue weighted by Gasteiger charge is -2.13. The lowest BCUT2D eigenvalue weighted by atomic mass is 9.93. The number of fused-ring (bicyclic) bond motifs is 3. The van der Waals surface area contributed by atoms with E-state index in [4.69, 9.17) is 6.35 Å². The van der Waals surface area contributed by atoms with Crippen LogP contribution in [-0.2, 0) is 0 Å². The molecule has 0 amide bonds. The summed E-state index contributed by atoms with van der Waals surface area (Å²) in [5.74, 6) is -0.559. The molecular weight excluding hydrogens is 382 g/mol. The number of nitrogens with zero attached hydrogens (tertiary/aromatic N) is 1. The maximum absolute atomic E-state index is 8.85. The van der Waals surface area contributed by atoms with Crippen LogP contribution in [0, 0.1) is 0 Å². The third-order valence-corrected chi connectivity index (χ3v) is 7.11. The standard InChI is InChI=1S/C28H25NS/c1-3-19(4-2)22-15-16-29-26(17-22)25-12-8-11-24-23-14-13-21(18-27(23)30-28(24)25)20-9-6-5-7-10-20/h5-19H,3-4H2,1-2H3/i19D. The van der Waals surface area contributed by atoms with E-state index < -0.39 is 5.89 Å². The summed E-state index contributed by atoms with van der Waals surface area (Å²) < 4.78 is 11.4. The van der Waals surface area contributed by atoms with Crippen molar-refractivity contribution in [2.75, 3.05) is 0 Å². The fourth-order valence-corrected chi connectivity index (χ4v) is 5.53. The Hall–Kier alpha value is -2.97. The summed E-state index contributed by atoms with van der Waals surface area (Å²) in [5.41, 5.74) is 5.63. The van der Waals surface area contributed by atoms with Gasteiger partial charge < -0.3 is 0 Å². The molecule has 0 bridgehead atoms. The van der Waals surface area contributed by atoms with E-state index in [1.807, 2.05) is 23.6 Å². The molecular formula is C28H25NS. The number of benzene rings is 3. The summed E-state index contributed by atoms with van der Waals surface area (Å²) in [4.78, 5) is 4.70. The number of pyridine rings is 1. The van der Waals surface area contributed by atoms with Crippen LogP contribution >= 0.6 is 11.3 Å². The first-order chi connectivity index (χ1) is 15.1. The fourth-order valence-electron chi connectivity index (χ4n) is 4.27. The zero-order valence-corrected chi connectivity index (χ0v) is 18.2. The largest absolute Gasteiger partial charge is 0.256 e. The molecule has 1 nitrogen and oxygen atoms in total. The van der Waals surface area contributed by atoms with Gasteiger partial charge in [-0.2, -0.15) is 0 Å². The summed E-state index contributed by atoms with van der Waals surface area (Å²) in [6.45, 7) is 4.18. The summed E-state index contributed by atoms with van der Waals surface area (Å²) >= 11 is 1.83. The van der Waals surface area contributed by atoms with E-state index >= 15 is 0 Å². The van der Waals surface area contributed by atoms with Crippen LogP contribution in [0.2, 0.25) is 0 Å². The fraction of sp³-hybridized carbons (Fsp3) is 0.179. The Morgan fingerprint density at radius 1 is 0.833 bits per heavy atom. The van der Waals surface area contributed by atoms with Gasteiger partial charge in [-0.3, -0.25) is 4.98 Å². The van der Waals surface area contributed by atoms with Crippen LogP contribution in [0.15, 0.2) is 85.1 Å². The monoisotopic (exact) mass is 408 g/mol. The van der Waals surface area contributed by atoms with Gasteiger partial charge >= 0.3 is 0 Å². The van der Waals surface area contributed by atoms with Gasteiger partial charge in [0.25, 0.3) is 0 Å². The zero-order chi connectivity index (χ0) is 21.4. The van der Waals surface area contributed by atoms with Crippen molar-refractivity contribution in [3.05, 3.63) is 90.6 Å². The van der Waals surface area contributed by atoms with Crippen molar-refractivity contribution in [1.82, 2.24) is 4.98 Å². The molecule has 148 valence electrons. The van der Waals surface area contributed by atoms with Crippen LogP contribution in [0.25, 0.3) is 42.6 Å². The van der Waals surface area contributed by atoms with Gasteiger partial charge in [0.2, 0.25) is 0 Å². The molecule has 0 aliphatic rings. The van der Waals surface area contributed by atoms with Gasteiger partial charge in [-0.25, -0.2) is 0 Å². The van der Waals surface area contributed by atoms with Crippen LogP contribution in [0.1, 0.15) is 39.5 Å². The summed E-state index contributed by atoms with van der Waals surface area (Å²) in [5, 5.41) is 2.56. The molecule has 0 fully saturated rings. The second-order valence-corrected chi connectivity index (χ2v) is 8.65. The number of rotatable bonds is 5. The van der Waals surface area contributed by atoms with Crippen molar-refractivity contribution in [3.63, 3.8) is 0 Å². The van der Waals surface area contributed by atoms with E-state index in [0.29, 0.717) is 0 Å². The SMILES string of the molecule is [2H]C(CC)(CC)c1ccnc(-c2cccc3c2sc2cc(-c4ccccc4)ccc23)c1. The molecule has 5 rings (SSSR count). The Labute approximate surface area is 183 Å². The third-order valence-electron chi connectivity index (χ3n) is 5.90. The minimum absolute atomic E-state index is 0.559.